The van der Waals surface area contributed by atoms with E-state index in [0.29, 0.717) is 5.71 Å². The van der Waals surface area contributed by atoms with Crippen molar-refractivity contribution in [2.24, 2.45) is 5.16 Å². The molecular formula is C20H13N3O. The van der Waals surface area contributed by atoms with Gasteiger partial charge in [-0.1, -0.05) is 41.6 Å². The molecule has 1 aliphatic rings. The molecule has 0 radical (unpaired) electrons. The highest BCUT2D eigenvalue weighted by atomic mass is 16.4. The average Bonchev–Trinajstić information content (AvgIpc) is 3.21. The summed E-state index contributed by atoms with van der Waals surface area (Å²) in [6, 6.07) is 20.2. The number of oxime groups is 1. The van der Waals surface area contributed by atoms with Gasteiger partial charge in [0, 0.05) is 34.5 Å². The normalized spacial score (nSPS) is 14.1. The van der Waals surface area contributed by atoms with Crippen molar-refractivity contribution >= 4 is 16.6 Å². The molecule has 5 rings (SSSR count). The maximum Gasteiger partial charge on any atom is 0.135 e. The van der Waals surface area contributed by atoms with Crippen LogP contribution < -0.4 is 0 Å². The number of aromatic nitrogens is 2. The first-order chi connectivity index (χ1) is 11.9. The summed E-state index contributed by atoms with van der Waals surface area (Å²) in [5.74, 6) is 0. The van der Waals surface area contributed by atoms with Crippen LogP contribution in [0.5, 0.6) is 0 Å². The molecule has 0 saturated heterocycles. The molecule has 3 heterocycles. The second-order valence-corrected chi connectivity index (χ2v) is 5.83. The number of rotatable bonds is 1. The van der Waals surface area contributed by atoms with Crippen LogP contribution in [0.3, 0.4) is 0 Å². The molecular weight excluding hydrogens is 298 g/mol. The fraction of sp³-hybridized carbons (Fsp3) is 0. The molecule has 4 heteroatoms. The van der Waals surface area contributed by atoms with E-state index in [4.69, 9.17) is 0 Å². The number of para-hydroxylation sites is 2. The van der Waals surface area contributed by atoms with Crippen molar-refractivity contribution in [3.05, 3.63) is 84.3 Å². The van der Waals surface area contributed by atoms with E-state index in [0.717, 1.165) is 39.0 Å². The van der Waals surface area contributed by atoms with Crippen LogP contribution in [0.4, 0.5) is 0 Å². The minimum Gasteiger partial charge on any atom is -0.410 e. The minimum absolute atomic E-state index is 0.602. The van der Waals surface area contributed by atoms with Crippen molar-refractivity contribution in [2.45, 2.75) is 0 Å². The van der Waals surface area contributed by atoms with E-state index in [9.17, 15) is 5.21 Å². The molecule has 24 heavy (non-hydrogen) atoms. The Bertz CT molecular complexity index is 1120. The van der Waals surface area contributed by atoms with Crippen molar-refractivity contribution < 1.29 is 5.21 Å². The summed E-state index contributed by atoms with van der Waals surface area (Å²) in [6.07, 6.45) is 3.89. The molecule has 0 amide bonds. The lowest BCUT2D eigenvalue weighted by Gasteiger charge is -2.11. The Kier molecular flexibility index (Phi) is 2.61. The maximum atomic E-state index is 9.44. The molecule has 0 aliphatic carbocycles. The van der Waals surface area contributed by atoms with E-state index < -0.39 is 0 Å². The lowest BCUT2D eigenvalue weighted by atomic mass is 9.99. The Morgan fingerprint density at radius 2 is 1.79 bits per heavy atom. The molecule has 0 bridgehead atoms. The molecule has 114 valence electrons. The lowest BCUT2D eigenvalue weighted by Crippen LogP contribution is -1.97. The fourth-order valence-electron chi connectivity index (χ4n) is 3.46. The van der Waals surface area contributed by atoms with Crippen LogP contribution in [-0.4, -0.2) is 20.5 Å². The molecule has 4 aromatic rings. The van der Waals surface area contributed by atoms with E-state index in [-0.39, 0.29) is 0 Å². The summed E-state index contributed by atoms with van der Waals surface area (Å²) in [6.45, 7) is 0. The number of nitrogens with zero attached hydrogens (tertiary/aromatic N) is 3. The van der Waals surface area contributed by atoms with Gasteiger partial charge in [-0.25, -0.2) is 0 Å². The highest BCUT2D eigenvalue weighted by molar-refractivity contribution is 6.18. The van der Waals surface area contributed by atoms with Gasteiger partial charge in [0.1, 0.15) is 5.71 Å². The Morgan fingerprint density at radius 1 is 0.917 bits per heavy atom. The largest absolute Gasteiger partial charge is 0.410 e. The summed E-state index contributed by atoms with van der Waals surface area (Å²) in [7, 11) is 0. The van der Waals surface area contributed by atoms with Crippen LogP contribution in [0.25, 0.3) is 27.7 Å². The van der Waals surface area contributed by atoms with Crippen molar-refractivity contribution in [3.8, 4) is 16.8 Å². The molecule has 2 aromatic heterocycles. The Morgan fingerprint density at radius 3 is 2.71 bits per heavy atom. The Hall–Kier alpha value is -3.40. The molecule has 0 fully saturated rings. The summed E-state index contributed by atoms with van der Waals surface area (Å²) in [4.78, 5) is 4.58. The zero-order chi connectivity index (χ0) is 16.1. The first kappa shape index (κ1) is 13.1. The van der Waals surface area contributed by atoms with Crippen LogP contribution >= 0.6 is 0 Å². The molecule has 1 N–H and O–H groups in total. The van der Waals surface area contributed by atoms with Crippen molar-refractivity contribution in [3.63, 3.8) is 0 Å². The van der Waals surface area contributed by atoms with Crippen molar-refractivity contribution in [2.75, 3.05) is 0 Å². The summed E-state index contributed by atoms with van der Waals surface area (Å²) in [5.41, 5.74) is 6.56. The molecule has 0 atom stereocenters. The zero-order valence-corrected chi connectivity index (χ0v) is 12.7. The monoisotopic (exact) mass is 311 g/mol. The first-order valence-corrected chi connectivity index (χ1v) is 7.75. The van der Waals surface area contributed by atoms with E-state index in [2.05, 4.69) is 32.9 Å². The van der Waals surface area contributed by atoms with Crippen LogP contribution in [-0.2, 0) is 0 Å². The van der Waals surface area contributed by atoms with Gasteiger partial charge in [-0.2, -0.15) is 0 Å². The molecule has 0 unspecified atom stereocenters. The second-order valence-electron chi connectivity index (χ2n) is 5.83. The van der Waals surface area contributed by atoms with Crippen LogP contribution in [0.1, 0.15) is 11.3 Å². The number of benzene rings is 2. The van der Waals surface area contributed by atoms with Gasteiger partial charge in [-0.05, 0) is 24.3 Å². The van der Waals surface area contributed by atoms with E-state index in [1.165, 1.54) is 0 Å². The molecule has 4 nitrogen and oxygen atoms in total. The van der Waals surface area contributed by atoms with Crippen molar-refractivity contribution in [1.82, 2.24) is 9.55 Å². The van der Waals surface area contributed by atoms with Gasteiger partial charge in [0.05, 0.1) is 16.9 Å². The third kappa shape index (κ3) is 1.68. The average molecular weight is 311 g/mol. The third-order valence-corrected chi connectivity index (χ3v) is 4.52. The van der Waals surface area contributed by atoms with Gasteiger partial charge >= 0.3 is 0 Å². The second kappa shape index (κ2) is 4.80. The number of hydrogen-bond acceptors (Lipinski definition) is 3. The Labute approximate surface area is 138 Å². The zero-order valence-electron chi connectivity index (χ0n) is 12.7. The number of fused-ring (bicyclic) bond motifs is 4. The summed E-state index contributed by atoms with van der Waals surface area (Å²) in [5, 5.41) is 14.1. The molecule has 2 aromatic carbocycles. The smallest absolute Gasteiger partial charge is 0.135 e. The van der Waals surface area contributed by atoms with Crippen LogP contribution in [0.15, 0.2) is 78.2 Å². The van der Waals surface area contributed by atoms with Crippen LogP contribution in [0.2, 0.25) is 0 Å². The quantitative estimate of drug-likeness (QED) is 0.372. The predicted octanol–water partition coefficient (Wildman–Crippen LogP) is 4.23. The first-order valence-electron chi connectivity index (χ1n) is 7.75. The van der Waals surface area contributed by atoms with E-state index in [1.807, 2.05) is 54.9 Å². The minimum atomic E-state index is 0.602. The highest BCUT2D eigenvalue weighted by Gasteiger charge is 2.27. The van der Waals surface area contributed by atoms with Crippen molar-refractivity contribution in [1.29, 1.82) is 0 Å². The van der Waals surface area contributed by atoms with Gasteiger partial charge in [0.2, 0.25) is 0 Å². The van der Waals surface area contributed by atoms with E-state index in [1.54, 1.807) is 0 Å². The Balaban J connectivity index is 1.81. The van der Waals surface area contributed by atoms with Gasteiger partial charge in [0.15, 0.2) is 0 Å². The van der Waals surface area contributed by atoms with Gasteiger partial charge in [0.25, 0.3) is 0 Å². The molecule has 1 aliphatic heterocycles. The molecule has 0 saturated carbocycles. The SMILES string of the molecule is O/N=C1\c2cccc(-c3cnc4ccccc4c3)c2-n2cccc21. The van der Waals surface area contributed by atoms with Gasteiger partial charge in [-0.15, -0.1) is 0 Å². The fourth-order valence-corrected chi connectivity index (χ4v) is 3.46. The van der Waals surface area contributed by atoms with Gasteiger partial charge < -0.3 is 9.77 Å². The van der Waals surface area contributed by atoms with Gasteiger partial charge in [-0.3, -0.25) is 4.98 Å². The predicted molar refractivity (Wildman–Crippen MR) is 93.9 cm³/mol. The third-order valence-electron chi connectivity index (χ3n) is 4.52. The topological polar surface area (TPSA) is 50.4 Å². The maximum absolute atomic E-state index is 9.44. The van der Waals surface area contributed by atoms with Crippen LogP contribution in [0, 0.1) is 0 Å². The standard InChI is InChI=1S/C20H13N3O/c24-22-19-16-7-3-6-15(20(16)23-10-4-9-18(19)23)14-11-13-5-1-2-8-17(13)21-12-14/h1-12,24H/b22-19+. The number of hydrogen-bond donors (Lipinski definition) is 1. The number of pyridine rings is 1. The summed E-state index contributed by atoms with van der Waals surface area (Å²) < 4.78 is 2.06. The lowest BCUT2D eigenvalue weighted by molar-refractivity contribution is 0.319. The molecule has 0 spiro atoms. The summed E-state index contributed by atoms with van der Waals surface area (Å²) >= 11 is 0. The van der Waals surface area contributed by atoms with E-state index >= 15 is 0 Å². The highest BCUT2D eigenvalue weighted by Crippen LogP contribution is 2.37.